The van der Waals surface area contributed by atoms with Gasteiger partial charge in [0.2, 0.25) is 0 Å². The first-order valence-electron chi connectivity index (χ1n) is 6.38. The van der Waals surface area contributed by atoms with E-state index in [4.69, 9.17) is 0 Å². The minimum Gasteiger partial charge on any atom is -0.361 e. The first-order chi connectivity index (χ1) is 8.42. The molecule has 3 nitrogen and oxygen atoms in total. The van der Waals surface area contributed by atoms with Gasteiger partial charge in [-0.2, -0.15) is 0 Å². The van der Waals surface area contributed by atoms with Crippen molar-refractivity contribution in [2.24, 2.45) is 0 Å². The number of hydrogen-bond acceptors (Lipinski definition) is 2. The summed E-state index contributed by atoms with van der Waals surface area (Å²) in [4.78, 5) is 3.31. The van der Waals surface area contributed by atoms with Crippen molar-refractivity contribution in [3.8, 4) is 0 Å². The van der Waals surface area contributed by atoms with Gasteiger partial charge in [-0.05, 0) is 31.1 Å². The van der Waals surface area contributed by atoms with Crippen molar-refractivity contribution in [1.29, 1.82) is 0 Å². The van der Waals surface area contributed by atoms with Gasteiger partial charge in [-0.3, -0.25) is 0 Å². The molecule has 1 heterocycles. The highest BCUT2D eigenvalue weighted by Gasteiger charge is 2.01. The molecule has 0 amide bonds. The van der Waals surface area contributed by atoms with Gasteiger partial charge in [-0.1, -0.05) is 25.1 Å². The Hall–Kier alpha value is -1.32. The molecule has 0 fully saturated rings. The Kier molecular flexibility index (Phi) is 4.59. The minimum atomic E-state index is 1.03. The van der Waals surface area contributed by atoms with Crippen molar-refractivity contribution in [2.45, 2.75) is 13.3 Å². The van der Waals surface area contributed by atoms with Crippen molar-refractivity contribution in [3.05, 3.63) is 36.0 Å². The van der Waals surface area contributed by atoms with Crippen LogP contribution in [0.1, 0.15) is 12.5 Å². The molecule has 0 radical (unpaired) electrons. The van der Waals surface area contributed by atoms with E-state index in [2.05, 4.69) is 53.0 Å². The van der Waals surface area contributed by atoms with E-state index in [9.17, 15) is 0 Å². The maximum Gasteiger partial charge on any atom is 0.0456 e. The van der Waals surface area contributed by atoms with Crippen LogP contribution in [0, 0.1) is 0 Å². The Morgan fingerprint density at radius 3 is 2.76 bits per heavy atom. The number of hydrogen-bond donors (Lipinski definition) is 3. The zero-order valence-electron chi connectivity index (χ0n) is 10.4. The van der Waals surface area contributed by atoms with Crippen LogP contribution >= 0.6 is 0 Å². The molecule has 0 aliphatic heterocycles. The zero-order chi connectivity index (χ0) is 11.9. The monoisotopic (exact) mass is 231 g/mol. The third-order valence-corrected chi connectivity index (χ3v) is 2.97. The average Bonchev–Trinajstić information content (AvgIpc) is 2.77. The Bertz CT molecular complexity index is 447. The van der Waals surface area contributed by atoms with Crippen molar-refractivity contribution < 1.29 is 0 Å². The van der Waals surface area contributed by atoms with E-state index in [1.165, 1.54) is 16.5 Å². The maximum atomic E-state index is 3.45. The summed E-state index contributed by atoms with van der Waals surface area (Å²) in [6, 6.07) is 8.47. The van der Waals surface area contributed by atoms with Crippen LogP contribution in [0.2, 0.25) is 0 Å². The molecular weight excluding hydrogens is 210 g/mol. The zero-order valence-corrected chi connectivity index (χ0v) is 10.4. The topological polar surface area (TPSA) is 39.8 Å². The number of benzene rings is 1. The van der Waals surface area contributed by atoms with Gasteiger partial charge in [0.05, 0.1) is 0 Å². The first kappa shape index (κ1) is 12.1. The van der Waals surface area contributed by atoms with Crippen LogP contribution in [0.4, 0.5) is 0 Å². The second-order valence-corrected chi connectivity index (χ2v) is 4.21. The van der Waals surface area contributed by atoms with E-state index in [-0.39, 0.29) is 0 Å². The number of H-pyrrole nitrogens is 1. The van der Waals surface area contributed by atoms with Gasteiger partial charge in [-0.15, -0.1) is 0 Å². The largest absolute Gasteiger partial charge is 0.361 e. The molecule has 92 valence electrons. The lowest BCUT2D eigenvalue weighted by Gasteiger charge is -2.04. The number of rotatable bonds is 7. The maximum absolute atomic E-state index is 3.45. The normalized spacial score (nSPS) is 11.1. The second kappa shape index (κ2) is 6.42. The van der Waals surface area contributed by atoms with Crippen LogP contribution in [-0.4, -0.2) is 31.2 Å². The molecule has 0 spiro atoms. The molecule has 0 atom stereocenters. The van der Waals surface area contributed by atoms with Gasteiger partial charge < -0.3 is 15.6 Å². The smallest absolute Gasteiger partial charge is 0.0456 e. The molecule has 0 unspecified atom stereocenters. The van der Waals surface area contributed by atoms with Gasteiger partial charge in [0.25, 0.3) is 0 Å². The summed E-state index contributed by atoms with van der Waals surface area (Å²) in [7, 11) is 0. The van der Waals surface area contributed by atoms with E-state index in [0.29, 0.717) is 0 Å². The molecule has 2 rings (SSSR count). The summed E-state index contributed by atoms with van der Waals surface area (Å²) in [5.74, 6) is 0. The SMILES string of the molecule is CCNCCNCCc1c[nH]c2ccccc12. The van der Waals surface area contributed by atoms with Crippen LogP contribution in [-0.2, 0) is 6.42 Å². The van der Waals surface area contributed by atoms with Crippen LogP contribution in [0.25, 0.3) is 10.9 Å². The molecule has 1 aromatic carbocycles. The molecule has 1 aromatic heterocycles. The predicted octanol–water partition coefficient (Wildman–Crippen LogP) is 1.91. The molecule has 3 heteroatoms. The molecule has 0 saturated carbocycles. The summed E-state index contributed by atoms with van der Waals surface area (Å²) >= 11 is 0. The van der Waals surface area contributed by atoms with Gasteiger partial charge in [0.15, 0.2) is 0 Å². The highest BCUT2D eigenvalue weighted by atomic mass is 14.9. The molecule has 3 N–H and O–H groups in total. The van der Waals surface area contributed by atoms with Gasteiger partial charge in [0.1, 0.15) is 0 Å². The number of aromatic nitrogens is 1. The first-order valence-corrected chi connectivity index (χ1v) is 6.38. The number of fused-ring (bicyclic) bond motifs is 1. The van der Waals surface area contributed by atoms with Crippen molar-refractivity contribution in [1.82, 2.24) is 15.6 Å². The number of likely N-dealkylation sites (N-methyl/N-ethyl adjacent to an activating group) is 1. The quantitative estimate of drug-likeness (QED) is 0.637. The predicted molar refractivity (Wildman–Crippen MR) is 73.4 cm³/mol. The van der Waals surface area contributed by atoms with E-state index >= 15 is 0 Å². The third kappa shape index (κ3) is 3.32. The summed E-state index contributed by atoms with van der Waals surface area (Å²) < 4.78 is 0. The molecular formula is C14H21N3. The molecule has 0 saturated heterocycles. The summed E-state index contributed by atoms with van der Waals surface area (Å²) in [6.07, 6.45) is 3.20. The highest BCUT2D eigenvalue weighted by Crippen LogP contribution is 2.17. The van der Waals surface area contributed by atoms with E-state index in [1.54, 1.807) is 0 Å². The summed E-state index contributed by atoms with van der Waals surface area (Å²) in [5, 5.41) is 8.10. The second-order valence-electron chi connectivity index (χ2n) is 4.21. The molecule has 17 heavy (non-hydrogen) atoms. The van der Waals surface area contributed by atoms with Crippen molar-refractivity contribution >= 4 is 10.9 Å². The lowest BCUT2D eigenvalue weighted by molar-refractivity contribution is 0.625. The third-order valence-electron chi connectivity index (χ3n) is 2.97. The van der Waals surface area contributed by atoms with Crippen LogP contribution in [0.5, 0.6) is 0 Å². The Morgan fingerprint density at radius 2 is 1.88 bits per heavy atom. The van der Waals surface area contributed by atoms with Crippen molar-refractivity contribution in [2.75, 3.05) is 26.2 Å². The van der Waals surface area contributed by atoms with E-state index < -0.39 is 0 Å². The fraction of sp³-hybridized carbons (Fsp3) is 0.429. The standard InChI is InChI=1S/C14H21N3/c1-2-15-9-10-16-8-7-12-11-17-14-6-4-3-5-13(12)14/h3-6,11,15-17H,2,7-10H2,1H3. The minimum absolute atomic E-state index is 1.03. The highest BCUT2D eigenvalue weighted by molar-refractivity contribution is 5.83. The molecule has 0 aliphatic carbocycles. The van der Waals surface area contributed by atoms with Crippen LogP contribution < -0.4 is 10.6 Å². The Morgan fingerprint density at radius 1 is 1.06 bits per heavy atom. The van der Waals surface area contributed by atoms with Crippen LogP contribution in [0.15, 0.2) is 30.5 Å². The average molecular weight is 231 g/mol. The molecule has 2 aromatic rings. The Balaban J connectivity index is 1.79. The lowest BCUT2D eigenvalue weighted by Crippen LogP contribution is -2.28. The lowest BCUT2D eigenvalue weighted by atomic mass is 10.1. The van der Waals surface area contributed by atoms with Gasteiger partial charge >= 0.3 is 0 Å². The van der Waals surface area contributed by atoms with Gasteiger partial charge in [0, 0.05) is 30.2 Å². The van der Waals surface area contributed by atoms with Crippen molar-refractivity contribution in [3.63, 3.8) is 0 Å². The van der Waals surface area contributed by atoms with Gasteiger partial charge in [-0.25, -0.2) is 0 Å². The van der Waals surface area contributed by atoms with E-state index in [1.807, 2.05) is 0 Å². The van der Waals surface area contributed by atoms with Crippen LogP contribution in [0.3, 0.4) is 0 Å². The summed E-state index contributed by atoms with van der Waals surface area (Å²) in [6.45, 7) is 6.30. The molecule has 0 aliphatic rings. The fourth-order valence-electron chi connectivity index (χ4n) is 2.04. The number of para-hydroxylation sites is 1. The van der Waals surface area contributed by atoms with E-state index in [0.717, 1.165) is 32.6 Å². The summed E-state index contributed by atoms with van der Waals surface area (Å²) in [5.41, 5.74) is 2.63. The number of nitrogens with one attached hydrogen (secondary N) is 3. The Labute approximate surface area is 103 Å². The molecule has 0 bridgehead atoms. The number of aromatic amines is 1. The fourth-order valence-corrected chi connectivity index (χ4v) is 2.04.